The van der Waals surface area contributed by atoms with E-state index in [2.05, 4.69) is 81.2 Å². The summed E-state index contributed by atoms with van der Waals surface area (Å²) >= 11 is 0. The first-order chi connectivity index (χ1) is 9.92. The monoisotopic (exact) mass is 465 g/mol. The summed E-state index contributed by atoms with van der Waals surface area (Å²) < 4.78 is 35.6. The van der Waals surface area contributed by atoms with E-state index in [-0.39, 0.29) is 0 Å². The second-order valence-electron chi connectivity index (χ2n) is 2.94. The molecule has 0 amide bonds. The molecule has 22 heteroatoms. The van der Waals surface area contributed by atoms with Crippen molar-refractivity contribution in [3.8, 4) is 0 Å². The fraction of sp³-hybridized carbons (Fsp3) is 0. The maximum Gasteiger partial charge on any atom is 0.665 e. The van der Waals surface area contributed by atoms with Gasteiger partial charge in [-0.15, -0.1) is 0 Å². The van der Waals surface area contributed by atoms with Crippen molar-refractivity contribution in [1.29, 1.82) is 0 Å². The van der Waals surface area contributed by atoms with E-state index in [9.17, 15) is 9.59 Å². The minimum atomic E-state index is -5.31. The molecular weight excluding hydrogens is 461 g/mol. The molecule has 0 saturated carbocycles. The fourth-order valence-electron chi connectivity index (χ4n) is 0.744. The summed E-state index contributed by atoms with van der Waals surface area (Å²) in [5.74, 6) is 0. The summed E-state index contributed by atoms with van der Waals surface area (Å²) in [6.07, 6.45) is 0. The Kier molecular flexibility index (Phi) is 9.82. The summed E-state index contributed by atoms with van der Waals surface area (Å²) in [6.45, 7) is 0. The molecule has 0 bridgehead atoms. The van der Waals surface area contributed by atoms with Crippen LogP contribution < -0.4 is 0 Å². The number of hydrogen-bond acceptors (Lipinski definition) is 13. The minimum Gasteiger partial charge on any atom is -0.395 e. The van der Waals surface area contributed by atoms with Crippen molar-refractivity contribution in [3.63, 3.8) is 0 Å². The minimum absolute atomic E-state index is 2.31. The van der Waals surface area contributed by atoms with Gasteiger partial charge < -0.3 is 56.9 Å². The van der Waals surface area contributed by atoms with Crippen LogP contribution in [0.25, 0.3) is 0 Å². The maximum absolute atomic E-state index is 10.0. The molecule has 0 aliphatic rings. The van der Waals surface area contributed by atoms with Crippen LogP contribution in [0.4, 0.5) is 0 Å². The summed E-state index contributed by atoms with van der Waals surface area (Å²) in [5, 5.41) is 0. The third kappa shape index (κ3) is 7.55. The average Bonchev–Trinajstić information content (AvgIpc) is 2.43. The van der Waals surface area contributed by atoms with Crippen LogP contribution >= 0.6 is 0 Å². The smallest absolute Gasteiger partial charge is 0.395 e. The largest absolute Gasteiger partial charge is 0.665 e. The lowest BCUT2D eigenvalue weighted by molar-refractivity contribution is 0.00979. The van der Waals surface area contributed by atoms with Gasteiger partial charge in [0.2, 0.25) is 52.4 Å². The Morgan fingerprint density at radius 2 is 0.864 bits per heavy atom. The molecule has 2 unspecified atom stereocenters. The third-order valence-corrected chi connectivity index (χ3v) is 12.7. The second kappa shape index (κ2) is 9.22. The van der Waals surface area contributed by atoms with Crippen molar-refractivity contribution >= 4 is 88.6 Å². The third-order valence-electron chi connectivity index (χ3n) is 1.41. The van der Waals surface area contributed by atoms with Gasteiger partial charge in [-0.1, -0.05) is 0 Å². The zero-order valence-corrected chi connectivity index (χ0v) is 19.0. The standard InChI is InChI=1S/H5O13Si9/c1-19(2,3)11-20(4,6-14)12-21(5,7-15)13-22(8-16,9-17)10-18/h1-5H. The molecule has 2 atom stereocenters. The van der Waals surface area contributed by atoms with Crippen molar-refractivity contribution in [1.82, 2.24) is 0 Å². The molecule has 0 fully saturated rings. The Morgan fingerprint density at radius 3 is 1.14 bits per heavy atom. The lowest BCUT2D eigenvalue weighted by atomic mass is 15.5. The van der Waals surface area contributed by atoms with Crippen LogP contribution in [0.1, 0.15) is 0 Å². The molecule has 0 aromatic rings. The van der Waals surface area contributed by atoms with Crippen LogP contribution in [-0.2, 0) is 32.9 Å². The van der Waals surface area contributed by atoms with Crippen molar-refractivity contribution < 1.29 is 56.9 Å². The van der Waals surface area contributed by atoms with Gasteiger partial charge in [0.1, 0.15) is 0 Å². The lowest BCUT2D eigenvalue weighted by Gasteiger charge is -2.34. The predicted molar refractivity (Wildman–Crippen MR) is 71.6 cm³/mol. The molecular formula is H5O13Si9. The molecule has 5 N–H and O–H groups in total. The van der Waals surface area contributed by atoms with E-state index < -0.39 is 36.2 Å². The Balaban J connectivity index is 5.28. The van der Waals surface area contributed by atoms with Gasteiger partial charge >= 0.3 is 36.2 Å². The summed E-state index contributed by atoms with van der Waals surface area (Å²) in [7, 11) is -7.16. The van der Waals surface area contributed by atoms with Gasteiger partial charge in [-0.05, 0) is 0 Å². The van der Waals surface area contributed by atoms with Gasteiger partial charge in [-0.2, -0.15) is 0 Å². The highest BCUT2D eigenvalue weighted by molar-refractivity contribution is 6.79. The quantitative estimate of drug-likeness (QED) is 0.182. The molecule has 0 heterocycles. The Morgan fingerprint density at radius 1 is 0.500 bits per heavy atom. The van der Waals surface area contributed by atoms with Gasteiger partial charge in [-0.25, -0.2) is 0 Å². The van der Waals surface area contributed by atoms with Crippen molar-refractivity contribution in [2.75, 3.05) is 0 Å². The molecule has 0 rings (SSSR count). The average molecular weight is 466 g/mol. The molecule has 0 aromatic heterocycles. The summed E-state index contributed by atoms with van der Waals surface area (Å²) in [6, 6.07) is 0. The molecule has 0 aliphatic heterocycles. The molecule has 0 aromatic carbocycles. The molecule has 119 valence electrons. The Labute approximate surface area is 145 Å². The topological polar surface area (TPSA) is 175 Å². The van der Waals surface area contributed by atoms with Crippen molar-refractivity contribution in [3.05, 3.63) is 0 Å². The van der Waals surface area contributed by atoms with Gasteiger partial charge in [0.15, 0.2) is 0 Å². The van der Waals surface area contributed by atoms with E-state index in [4.69, 9.17) is 18.5 Å². The van der Waals surface area contributed by atoms with E-state index >= 15 is 0 Å². The van der Waals surface area contributed by atoms with Crippen LogP contribution in [0.3, 0.4) is 0 Å². The first-order valence-electron chi connectivity index (χ1n) is 4.38. The van der Waals surface area contributed by atoms with E-state index in [1.807, 2.05) is 0 Å². The highest BCUT2D eigenvalue weighted by Gasteiger charge is 2.63. The second-order valence-corrected chi connectivity index (χ2v) is 13.7. The molecule has 0 spiro atoms. The van der Waals surface area contributed by atoms with E-state index in [1.54, 1.807) is 0 Å². The first-order valence-corrected chi connectivity index (χ1v) is 13.2. The zero-order valence-electron chi connectivity index (χ0n) is 10.0. The summed E-state index contributed by atoms with van der Waals surface area (Å²) in [4.78, 5) is 46.2. The van der Waals surface area contributed by atoms with Crippen LogP contribution in [-0.4, -0.2) is 113 Å². The normalized spacial score (nSPS) is 18.8. The first kappa shape index (κ1) is 23.4. The van der Waals surface area contributed by atoms with Gasteiger partial charge in [0.05, 0.1) is 0 Å². The van der Waals surface area contributed by atoms with E-state index in [0.717, 1.165) is 0 Å². The van der Waals surface area contributed by atoms with Crippen LogP contribution in [0, 0.1) is 0 Å². The van der Waals surface area contributed by atoms with Gasteiger partial charge in [0, 0.05) is 0 Å². The molecule has 0 saturated heterocycles. The van der Waals surface area contributed by atoms with Crippen LogP contribution in [0.2, 0.25) is 0 Å². The number of rotatable bonds is 11. The van der Waals surface area contributed by atoms with E-state index in [0.29, 0.717) is 0 Å². The Bertz CT molecular complexity index is 318. The lowest BCUT2D eigenvalue weighted by Crippen LogP contribution is -2.67. The van der Waals surface area contributed by atoms with Crippen LogP contribution in [0.15, 0.2) is 0 Å². The summed E-state index contributed by atoms with van der Waals surface area (Å²) in [5.41, 5.74) is 0. The Hall–Kier alpha value is 1.43. The van der Waals surface area contributed by atoms with Gasteiger partial charge in [-0.3, -0.25) is 0 Å². The zero-order chi connectivity index (χ0) is 17.7. The predicted octanol–water partition coefficient (Wildman–Crippen LogP) is -6.76. The molecule has 22 heavy (non-hydrogen) atoms. The van der Waals surface area contributed by atoms with Gasteiger partial charge in [0.25, 0.3) is 0 Å². The van der Waals surface area contributed by atoms with Crippen molar-refractivity contribution in [2.45, 2.75) is 0 Å². The highest BCUT2D eigenvalue weighted by Crippen LogP contribution is 2.20. The maximum atomic E-state index is 10.0. The van der Waals surface area contributed by atoms with Crippen LogP contribution in [0.5, 0.6) is 0 Å². The highest BCUT2D eigenvalue weighted by atomic mass is 28.6. The SMILES string of the molecule is O[Si](O)(O)O[Si](O)(O[Si])O[Si](O)(O[Si])O[Si](O[Si])(O[Si])O[Si]. The molecule has 13 nitrogen and oxygen atoms in total. The fourth-order valence-corrected chi connectivity index (χ4v) is 11.2. The van der Waals surface area contributed by atoms with E-state index in [1.165, 1.54) is 0 Å². The molecule has 0 aliphatic carbocycles. The molecule has 15 radical (unpaired) electrons. The number of hydrogen-bond donors (Lipinski definition) is 5. The van der Waals surface area contributed by atoms with Crippen molar-refractivity contribution in [2.24, 2.45) is 0 Å².